The Morgan fingerprint density at radius 1 is 1.05 bits per heavy atom. The van der Waals surface area contributed by atoms with Gasteiger partial charge < -0.3 is 0 Å². The number of carbonyl (C=O) groups excluding carboxylic acids is 1. The minimum atomic E-state index is -3.83. The molecule has 0 heterocycles. The Labute approximate surface area is 134 Å². The van der Waals surface area contributed by atoms with E-state index >= 15 is 0 Å². The average molecular weight is 339 g/mol. The minimum absolute atomic E-state index is 0.0852. The van der Waals surface area contributed by atoms with Gasteiger partial charge in [-0.15, -0.1) is 4.83 Å². The third-order valence-electron chi connectivity index (χ3n) is 3.17. The van der Waals surface area contributed by atoms with Gasteiger partial charge in [-0.3, -0.25) is 10.2 Å². The molecule has 116 valence electrons. The van der Waals surface area contributed by atoms with E-state index in [1.165, 1.54) is 18.2 Å². The number of hydrazine groups is 1. The maximum Gasteiger partial charge on any atom is 0.266 e. The van der Waals surface area contributed by atoms with Crippen molar-refractivity contribution >= 4 is 27.5 Å². The number of aryl methyl sites for hydroxylation is 2. The van der Waals surface area contributed by atoms with Crippen molar-refractivity contribution in [3.05, 3.63) is 64.2 Å². The van der Waals surface area contributed by atoms with E-state index in [1.54, 1.807) is 24.3 Å². The van der Waals surface area contributed by atoms with Crippen molar-refractivity contribution in [1.82, 2.24) is 10.3 Å². The lowest BCUT2D eigenvalue weighted by molar-refractivity contribution is 0.0945. The molecule has 7 heteroatoms. The van der Waals surface area contributed by atoms with Crippen LogP contribution in [0.1, 0.15) is 21.5 Å². The number of rotatable bonds is 4. The summed E-state index contributed by atoms with van der Waals surface area (Å²) in [6, 6.07) is 10.9. The van der Waals surface area contributed by atoms with Crippen LogP contribution < -0.4 is 10.3 Å². The van der Waals surface area contributed by atoms with Crippen LogP contribution in [0.2, 0.25) is 5.02 Å². The van der Waals surface area contributed by atoms with Gasteiger partial charge in [-0.25, -0.2) is 8.42 Å². The third-order valence-corrected chi connectivity index (χ3v) is 4.65. The van der Waals surface area contributed by atoms with Crippen molar-refractivity contribution in [2.24, 2.45) is 0 Å². The molecule has 22 heavy (non-hydrogen) atoms. The van der Waals surface area contributed by atoms with Crippen molar-refractivity contribution < 1.29 is 13.2 Å². The standard InChI is InChI=1S/C15H15ClN2O3S/c1-10-6-7-14(8-11(10)2)22(20,21)18-17-15(19)12-4-3-5-13(16)9-12/h3-9,18H,1-2H3,(H,17,19). The number of sulfonamides is 1. The molecule has 0 unspecified atom stereocenters. The second-order valence-electron chi connectivity index (χ2n) is 4.82. The summed E-state index contributed by atoms with van der Waals surface area (Å²) in [6.45, 7) is 3.71. The number of hydrogen-bond acceptors (Lipinski definition) is 3. The number of halogens is 1. The second kappa shape index (κ2) is 6.48. The summed E-state index contributed by atoms with van der Waals surface area (Å²) in [5.41, 5.74) is 4.26. The molecule has 0 spiro atoms. The minimum Gasteiger partial charge on any atom is -0.273 e. The summed E-state index contributed by atoms with van der Waals surface area (Å²) in [4.78, 5) is 14.1. The molecule has 2 aromatic rings. The fourth-order valence-electron chi connectivity index (χ4n) is 1.76. The van der Waals surface area contributed by atoms with Gasteiger partial charge in [-0.2, -0.15) is 0 Å². The summed E-state index contributed by atoms with van der Waals surface area (Å²) in [5, 5.41) is 0.393. The van der Waals surface area contributed by atoms with E-state index in [2.05, 4.69) is 10.3 Å². The first-order valence-electron chi connectivity index (χ1n) is 6.44. The summed E-state index contributed by atoms with van der Waals surface area (Å²) >= 11 is 5.79. The van der Waals surface area contributed by atoms with Gasteiger partial charge in [0.2, 0.25) is 0 Å². The summed E-state index contributed by atoms with van der Waals surface area (Å²) in [7, 11) is -3.83. The molecule has 2 aromatic carbocycles. The Bertz CT molecular complexity index is 819. The van der Waals surface area contributed by atoms with Gasteiger partial charge in [0.15, 0.2) is 0 Å². The van der Waals surface area contributed by atoms with Crippen molar-refractivity contribution in [2.45, 2.75) is 18.7 Å². The first-order chi connectivity index (χ1) is 10.3. The van der Waals surface area contributed by atoms with E-state index in [0.717, 1.165) is 11.1 Å². The molecule has 5 nitrogen and oxygen atoms in total. The molecule has 0 aliphatic rings. The Morgan fingerprint density at radius 2 is 1.77 bits per heavy atom. The number of benzene rings is 2. The Kier molecular flexibility index (Phi) is 4.85. The van der Waals surface area contributed by atoms with Gasteiger partial charge in [0.25, 0.3) is 15.9 Å². The van der Waals surface area contributed by atoms with Gasteiger partial charge in [0.05, 0.1) is 4.90 Å². The summed E-state index contributed by atoms with van der Waals surface area (Å²) < 4.78 is 24.3. The van der Waals surface area contributed by atoms with E-state index in [4.69, 9.17) is 11.6 Å². The molecule has 1 amide bonds. The van der Waals surface area contributed by atoms with Crippen LogP contribution in [-0.2, 0) is 10.0 Å². The predicted octanol–water partition coefficient (Wildman–Crippen LogP) is 2.58. The second-order valence-corrected chi connectivity index (χ2v) is 6.93. The van der Waals surface area contributed by atoms with E-state index in [0.29, 0.717) is 5.02 Å². The van der Waals surface area contributed by atoms with Crippen LogP contribution in [0.5, 0.6) is 0 Å². The van der Waals surface area contributed by atoms with E-state index in [-0.39, 0.29) is 10.5 Å². The highest BCUT2D eigenvalue weighted by atomic mass is 35.5. The molecule has 0 bridgehead atoms. The smallest absolute Gasteiger partial charge is 0.266 e. The molecule has 0 atom stereocenters. The van der Waals surface area contributed by atoms with Crippen molar-refractivity contribution in [1.29, 1.82) is 0 Å². The normalized spacial score (nSPS) is 11.2. The molecular formula is C15H15ClN2O3S. The fourth-order valence-corrected chi connectivity index (χ4v) is 2.87. The monoisotopic (exact) mass is 338 g/mol. The molecule has 0 aliphatic heterocycles. The highest BCUT2D eigenvalue weighted by molar-refractivity contribution is 7.89. The number of nitrogens with one attached hydrogen (secondary N) is 2. The first kappa shape index (κ1) is 16.5. The number of carbonyl (C=O) groups is 1. The van der Waals surface area contributed by atoms with Crippen LogP contribution in [-0.4, -0.2) is 14.3 Å². The Morgan fingerprint density at radius 3 is 2.41 bits per heavy atom. The quantitative estimate of drug-likeness (QED) is 0.841. The number of hydrogen-bond donors (Lipinski definition) is 2. The highest BCUT2D eigenvalue weighted by Crippen LogP contribution is 2.14. The zero-order valence-corrected chi connectivity index (χ0v) is 13.6. The topological polar surface area (TPSA) is 75.3 Å². The molecule has 0 saturated carbocycles. The van der Waals surface area contributed by atoms with Gasteiger partial charge in [0.1, 0.15) is 0 Å². The molecule has 2 rings (SSSR count). The van der Waals surface area contributed by atoms with E-state index in [1.807, 2.05) is 13.8 Å². The largest absolute Gasteiger partial charge is 0.273 e. The molecule has 0 radical (unpaired) electrons. The highest BCUT2D eigenvalue weighted by Gasteiger charge is 2.16. The summed E-state index contributed by atoms with van der Waals surface area (Å²) in [5.74, 6) is -0.588. The Hall–Kier alpha value is -1.89. The molecule has 2 N–H and O–H groups in total. The lowest BCUT2D eigenvalue weighted by Crippen LogP contribution is -2.41. The zero-order valence-electron chi connectivity index (χ0n) is 12.1. The maximum absolute atomic E-state index is 12.1. The van der Waals surface area contributed by atoms with Gasteiger partial charge >= 0.3 is 0 Å². The van der Waals surface area contributed by atoms with Gasteiger partial charge in [-0.1, -0.05) is 23.7 Å². The van der Waals surface area contributed by atoms with Crippen LogP contribution in [0.3, 0.4) is 0 Å². The lowest BCUT2D eigenvalue weighted by atomic mass is 10.1. The van der Waals surface area contributed by atoms with Crippen LogP contribution in [0.15, 0.2) is 47.4 Å². The summed E-state index contributed by atoms with van der Waals surface area (Å²) in [6.07, 6.45) is 0. The van der Waals surface area contributed by atoms with Gasteiger partial charge in [0, 0.05) is 10.6 Å². The van der Waals surface area contributed by atoms with E-state index in [9.17, 15) is 13.2 Å². The van der Waals surface area contributed by atoms with Crippen molar-refractivity contribution in [2.75, 3.05) is 0 Å². The Balaban J connectivity index is 2.12. The van der Waals surface area contributed by atoms with Crippen LogP contribution in [0, 0.1) is 13.8 Å². The molecule has 0 aromatic heterocycles. The fraction of sp³-hybridized carbons (Fsp3) is 0.133. The zero-order chi connectivity index (χ0) is 16.3. The van der Waals surface area contributed by atoms with E-state index < -0.39 is 15.9 Å². The van der Waals surface area contributed by atoms with Gasteiger partial charge in [-0.05, 0) is 55.3 Å². The van der Waals surface area contributed by atoms with Crippen LogP contribution >= 0.6 is 11.6 Å². The molecule has 0 fully saturated rings. The average Bonchev–Trinajstić information content (AvgIpc) is 2.47. The van der Waals surface area contributed by atoms with Crippen molar-refractivity contribution in [3.63, 3.8) is 0 Å². The van der Waals surface area contributed by atoms with Crippen molar-refractivity contribution in [3.8, 4) is 0 Å². The maximum atomic E-state index is 12.1. The molecule has 0 saturated heterocycles. The first-order valence-corrected chi connectivity index (χ1v) is 8.31. The third kappa shape index (κ3) is 3.85. The molecule has 0 aliphatic carbocycles. The predicted molar refractivity (Wildman–Crippen MR) is 85.2 cm³/mol. The van der Waals surface area contributed by atoms with Crippen LogP contribution in [0.25, 0.3) is 0 Å². The molecular weight excluding hydrogens is 324 g/mol. The SMILES string of the molecule is Cc1ccc(S(=O)(=O)NNC(=O)c2cccc(Cl)c2)cc1C. The lowest BCUT2D eigenvalue weighted by Gasteiger charge is -2.10. The van der Waals surface area contributed by atoms with Crippen LogP contribution in [0.4, 0.5) is 0 Å². The number of amides is 1.